The number of rotatable bonds is 4. The number of anilines is 1. The molecule has 1 aromatic rings. The number of halogens is 2. The van der Waals surface area contributed by atoms with Crippen LogP contribution in [-0.2, 0) is 11.2 Å². The van der Waals surface area contributed by atoms with Gasteiger partial charge in [0.1, 0.15) is 0 Å². The number of carbonyl (C=O) groups excluding carboxylic acids is 1. The molecule has 2 nitrogen and oxygen atoms in total. The molecule has 0 radical (unpaired) electrons. The first kappa shape index (κ1) is 13.7. The molecule has 98 valence electrons. The van der Waals surface area contributed by atoms with Crippen LogP contribution in [0.5, 0.6) is 0 Å². The third-order valence-electron chi connectivity index (χ3n) is 3.49. The van der Waals surface area contributed by atoms with E-state index in [1.54, 1.807) is 0 Å². The van der Waals surface area contributed by atoms with Crippen LogP contribution in [0.2, 0.25) is 5.02 Å². The van der Waals surface area contributed by atoms with E-state index in [0.29, 0.717) is 17.4 Å². The Morgan fingerprint density at radius 3 is 2.83 bits per heavy atom. The van der Waals surface area contributed by atoms with Gasteiger partial charge in [0.25, 0.3) is 0 Å². The minimum absolute atomic E-state index is 0.0197. The van der Waals surface area contributed by atoms with Gasteiger partial charge in [0, 0.05) is 10.7 Å². The Kier molecular flexibility index (Phi) is 4.18. The third kappa shape index (κ3) is 2.81. The molecule has 0 saturated carbocycles. The number of carbonyl (C=O) groups is 1. The molecule has 1 aliphatic heterocycles. The van der Waals surface area contributed by atoms with Crippen molar-refractivity contribution in [2.24, 2.45) is 5.92 Å². The summed E-state index contributed by atoms with van der Waals surface area (Å²) in [5.41, 5.74) is 2.75. The van der Waals surface area contributed by atoms with Gasteiger partial charge in [-0.05, 0) is 29.5 Å². The van der Waals surface area contributed by atoms with Crippen molar-refractivity contribution in [3.8, 4) is 0 Å². The number of benzene rings is 1. The number of hydrogen-bond donors (Lipinski definition) is 1. The Hall–Kier alpha value is -0.730. The maximum atomic E-state index is 11.3. The molecule has 2 atom stereocenters. The average molecular weight is 286 g/mol. The summed E-state index contributed by atoms with van der Waals surface area (Å²) < 4.78 is 0. The highest BCUT2D eigenvalue weighted by Gasteiger charge is 2.22. The van der Waals surface area contributed by atoms with Gasteiger partial charge >= 0.3 is 0 Å². The van der Waals surface area contributed by atoms with Crippen LogP contribution in [0.15, 0.2) is 12.1 Å². The van der Waals surface area contributed by atoms with Crippen molar-refractivity contribution in [2.75, 3.05) is 5.32 Å². The standard InChI is InChI=1S/C14H17Cl2NO/c1-3-8(2)4-11(15)10-5-9-6-14(18)17-13(9)7-12(10)16/h5,7-8,11H,3-4,6H2,1-2H3,(H,17,18). The molecule has 18 heavy (non-hydrogen) atoms. The zero-order chi connectivity index (χ0) is 13.3. The van der Waals surface area contributed by atoms with Crippen molar-refractivity contribution in [1.82, 2.24) is 0 Å². The quantitative estimate of drug-likeness (QED) is 0.808. The van der Waals surface area contributed by atoms with Crippen molar-refractivity contribution in [3.05, 3.63) is 28.3 Å². The van der Waals surface area contributed by atoms with Crippen LogP contribution in [0.3, 0.4) is 0 Å². The van der Waals surface area contributed by atoms with Crippen LogP contribution < -0.4 is 5.32 Å². The monoisotopic (exact) mass is 285 g/mol. The SMILES string of the molecule is CCC(C)CC(Cl)c1cc2c(cc1Cl)NC(=O)C2. The second-order valence-electron chi connectivity index (χ2n) is 4.97. The van der Waals surface area contributed by atoms with Gasteiger partial charge in [0.15, 0.2) is 0 Å². The summed E-state index contributed by atoms with van der Waals surface area (Å²) in [4.78, 5) is 11.3. The van der Waals surface area contributed by atoms with Gasteiger partial charge in [-0.1, -0.05) is 37.9 Å². The highest BCUT2D eigenvalue weighted by Crippen LogP contribution is 2.38. The van der Waals surface area contributed by atoms with Gasteiger partial charge in [-0.15, -0.1) is 11.6 Å². The zero-order valence-corrected chi connectivity index (χ0v) is 12.1. The maximum absolute atomic E-state index is 11.3. The first-order valence-corrected chi connectivity index (χ1v) is 7.09. The van der Waals surface area contributed by atoms with Crippen LogP contribution in [0.1, 0.15) is 43.2 Å². The van der Waals surface area contributed by atoms with E-state index in [9.17, 15) is 4.79 Å². The molecule has 1 aliphatic rings. The number of fused-ring (bicyclic) bond motifs is 1. The number of amides is 1. The van der Waals surface area contributed by atoms with E-state index in [4.69, 9.17) is 23.2 Å². The first-order chi connectivity index (χ1) is 8.51. The van der Waals surface area contributed by atoms with Crippen LogP contribution in [-0.4, -0.2) is 5.91 Å². The summed E-state index contributed by atoms with van der Waals surface area (Å²) in [7, 11) is 0. The third-order valence-corrected chi connectivity index (χ3v) is 4.23. The van der Waals surface area contributed by atoms with Crippen LogP contribution in [0.25, 0.3) is 0 Å². The first-order valence-electron chi connectivity index (χ1n) is 6.27. The Labute approximate surface area is 118 Å². The summed E-state index contributed by atoms with van der Waals surface area (Å²) in [6.07, 6.45) is 2.43. The van der Waals surface area contributed by atoms with Crippen molar-refractivity contribution in [3.63, 3.8) is 0 Å². The predicted octanol–water partition coefficient (Wildman–Crippen LogP) is 4.55. The lowest BCUT2D eigenvalue weighted by Gasteiger charge is -2.16. The van der Waals surface area contributed by atoms with Crippen molar-refractivity contribution in [2.45, 2.75) is 38.5 Å². The summed E-state index contributed by atoms with van der Waals surface area (Å²) in [6, 6.07) is 3.78. The van der Waals surface area contributed by atoms with Gasteiger partial charge in [0.2, 0.25) is 5.91 Å². The van der Waals surface area contributed by atoms with Crippen molar-refractivity contribution >= 4 is 34.8 Å². The minimum Gasteiger partial charge on any atom is -0.325 e. The van der Waals surface area contributed by atoms with Crippen LogP contribution in [0.4, 0.5) is 5.69 Å². The van der Waals surface area contributed by atoms with E-state index in [-0.39, 0.29) is 11.3 Å². The summed E-state index contributed by atoms with van der Waals surface area (Å²) in [6.45, 7) is 4.34. The highest BCUT2D eigenvalue weighted by molar-refractivity contribution is 6.33. The van der Waals surface area contributed by atoms with E-state index >= 15 is 0 Å². The van der Waals surface area contributed by atoms with Gasteiger partial charge in [-0.3, -0.25) is 4.79 Å². The fourth-order valence-corrected chi connectivity index (χ4v) is 2.99. The summed E-state index contributed by atoms with van der Waals surface area (Å²) in [5.74, 6) is 0.586. The normalized spacial score (nSPS) is 17.2. The molecule has 0 bridgehead atoms. The van der Waals surface area contributed by atoms with Crippen molar-refractivity contribution < 1.29 is 4.79 Å². The van der Waals surface area contributed by atoms with E-state index in [1.165, 1.54) is 0 Å². The Bertz CT molecular complexity index is 473. The highest BCUT2D eigenvalue weighted by atomic mass is 35.5. The van der Waals surface area contributed by atoms with E-state index in [0.717, 1.165) is 29.7 Å². The summed E-state index contributed by atoms with van der Waals surface area (Å²) >= 11 is 12.7. The maximum Gasteiger partial charge on any atom is 0.228 e. The Balaban J connectivity index is 2.24. The molecule has 0 aromatic heterocycles. The van der Waals surface area contributed by atoms with E-state index < -0.39 is 0 Å². The lowest BCUT2D eigenvalue weighted by molar-refractivity contribution is -0.115. The Morgan fingerprint density at radius 1 is 1.44 bits per heavy atom. The molecular formula is C14H17Cl2NO. The smallest absolute Gasteiger partial charge is 0.228 e. The molecule has 0 spiro atoms. The van der Waals surface area contributed by atoms with E-state index in [1.807, 2.05) is 12.1 Å². The van der Waals surface area contributed by atoms with Gasteiger partial charge < -0.3 is 5.32 Å². The molecule has 1 amide bonds. The number of alkyl halides is 1. The molecule has 0 aliphatic carbocycles. The fourth-order valence-electron chi connectivity index (χ4n) is 2.15. The van der Waals surface area contributed by atoms with Crippen LogP contribution in [0, 0.1) is 5.92 Å². The average Bonchev–Trinajstić information content (AvgIpc) is 2.66. The summed E-state index contributed by atoms with van der Waals surface area (Å²) in [5, 5.41) is 3.34. The molecule has 2 unspecified atom stereocenters. The molecule has 1 heterocycles. The largest absolute Gasteiger partial charge is 0.325 e. The van der Waals surface area contributed by atoms with Crippen molar-refractivity contribution in [1.29, 1.82) is 0 Å². The zero-order valence-electron chi connectivity index (χ0n) is 10.6. The topological polar surface area (TPSA) is 29.1 Å². The minimum atomic E-state index is -0.0894. The fraction of sp³-hybridized carbons (Fsp3) is 0.500. The molecule has 1 aromatic carbocycles. The second kappa shape index (κ2) is 5.50. The number of nitrogens with one attached hydrogen (secondary N) is 1. The molecule has 4 heteroatoms. The molecule has 1 N–H and O–H groups in total. The lowest BCUT2D eigenvalue weighted by Crippen LogP contribution is -2.03. The Morgan fingerprint density at radius 2 is 2.17 bits per heavy atom. The molecule has 0 saturated heterocycles. The van der Waals surface area contributed by atoms with Gasteiger partial charge in [0.05, 0.1) is 11.8 Å². The van der Waals surface area contributed by atoms with Crippen LogP contribution >= 0.6 is 23.2 Å². The molecule has 2 rings (SSSR count). The van der Waals surface area contributed by atoms with Gasteiger partial charge in [-0.25, -0.2) is 0 Å². The molecule has 0 fully saturated rings. The lowest BCUT2D eigenvalue weighted by atomic mass is 9.97. The molecular weight excluding hydrogens is 269 g/mol. The van der Waals surface area contributed by atoms with Gasteiger partial charge in [-0.2, -0.15) is 0 Å². The number of hydrogen-bond acceptors (Lipinski definition) is 1. The second-order valence-corrected chi connectivity index (χ2v) is 5.91. The van der Waals surface area contributed by atoms with E-state index in [2.05, 4.69) is 19.2 Å². The predicted molar refractivity (Wildman–Crippen MR) is 76.5 cm³/mol.